The van der Waals surface area contributed by atoms with Crippen molar-refractivity contribution in [3.63, 3.8) is 0 Å². The summed E-state index contributed by atoms with van der Waals surface area (Å²) in [6.45, 7) is 6.42. The summed E-state index contributed by atoms with van der Waals surface area (Å²) < 4.78 is 5.45. The van der Waals surface area contributed by atoms with Crippen molar-refractivity contribution in [2.45, 2.75) is 25.9 Å². The molecule has 1 atom stereocenters. The molecule has 82 valence electrons. The Labute approximate surface area is 87.1 Å². The van der Waals surface area contributed by atoms with E-state index in [2.05, 4.69) is 30.3 Å². The lowest BCUT2D eigenvalue weighted by atomic mass is 10.1. The molecule has 0 saturated carbocycles. The molecule has 1 N–H and O–H groups in total. The number of nitrogens with zero attached hydrogens (tertiary/aromatic N) is 1. The lowest BCUT2D eigenvalue weighted by molar-refractivity contribution is 0.122. The van der Waals surface area contributed by atoms with Crippen LogP contribution in [-0.2, 0) is 4.74 Å². The largest absolute Gasteiger partial charge is 0.497 e. The van der Waals surface area contributed by atoms with E-state index >= 15 is 0 Å². The van der Waals surface area contributed by atoms with Crippen molar-refractivity contribution < 1.29 is 4.74 Å². The van der Waals surface area contributed by atoms with Crippen LogP contribution in [0.2, 0.25) is 0 Å². The molecule has 0 saturated heterocycles. The zero-order valence-electron chi connectivity index (χ0n) is 9.33. The van der Waals surface area contributed by atoms with Crippen LogP contribution in [-0.4, -0.2) is 44.2 Å². The first-order valence-electron chi connectivity index (χ1n) is 5.52. The van der Waals surface area contributed by atoms with Crippen molar-refractivity contribution in [2.75, 3.05) is 33.2 Å². The molecule has 1 aliphatic heterocycles. The first-order chi connectivity index (χ1) is 6.83. The SMILES string of the molecule is CCN(C)CCNCC1CCC=CO1. The summed E-state index contributed by atoms with van der Waals surface area (Å²) in [4.78, 5) is 2.30. The van der Waals surface area contributed by atoms with Gasteiger partial charge in [-0.15, -0.1) is 0 Å². The van der Waals surface area contributed by atoms with Gasteiger partial charge in [-0.05, 0) is 32.5 Å². The van der Waals surface area contributed by atoms with Crippen molar-refractivity contribution >= 4 is 0 Å². The maximum atomic E-state index is 5.45. The van der Waals surface area contributed by atoms with Crippen molar-refractivity contribution in [3.05, 3.63) is 12.3 Å². The fourth-order valence-corrected chi connectivity index (χ4v) is 1.43. The minimum absolute atomic E-state index is 0.381. The molecule has 3 heteroatoms. The number of likely N-dealkylation sites (N-methyl/N-ethyl adjacent to an activating group) is 1. The molecule has 0 aliphatic carbocycles. The van der Waals surface area contributed by atoms with Crippen LogP contribution in [0.1, 0.15) is 19.8 Å². The van der Waals surface area contributed by atoms with Crippen LogP contribution in [0.15, 0.2) is 12.3 Å². The highest BCUT2D eigenvalue weighted by molar-refractivity contribution is 4.82. The highest BCUT2D eigenvalue weighted by Crippen LogP contribution is 2.08. The predicted octanol–water partition coefficient (Wildman–Crippen LogP) is 1.22. The molecule has 1 rings (SSSR count). The number of nitrogens with one attached hydrogen (secondary N) is 1. The second-order valence-corrected chi connectivity index (χ2v) is 3.81. The second-order valence-electron chi connectivity index (χ2n) is 3.81. The summed E-state index contributed by atoms with van der Waals surface area (Å²) in [5, 5.41) is 3.42. The van der Waals surface area contributed by atoms with E-state index in [1.807, 2.05) is 6.26 Å². The van der Waals surface area contributed by atoms with Gasteiger partial charge in [0.25, 0.3) is 0 Å². The zero-order valence-corrected chi connectivity index (χ0v) is 9.33. The highest BCUT2D eigenvalue weighted by atomic mass is 16.5. The molecule has 0 aromatic carbocycles. The number of hydrogen-bond donors (Lipinski definition) is 1. The Kier molecular flexibility index (Phi) is 5.64. The van der Waals surface area contributed by atoms with Crippen LogP contribution in [0.3, 0.4) is 0 Å². The molecule has 0 spiro atoms. The third kappa shape index (κ3) is 4.63. The number of allylic oxidation sites excluding steroid dienone is 1. The third-order valence-electron chi connectivity index (χ3n) is 2.60. The summed E-state index contributed by atoms with van der Waals surface area (Å²) in [7, 11) is 2.14. The van der Waals surface area contributed by atoms with E-state index in [4.69, 9.17) is 4.74 Å². The number of ether oxygens (including phenoxy) is 1. The molecule has 0 aromatic heterocycles. The van der Waals surface area contributed by atoms with Crippen molar-refractivity contribution in [2.24, 2.45) is 0 Å². The lowest BCUT2D eigenvalue weighted by Crippen LogP contribution is -2.34. The minimum Gasteiger partial charge on any atom is -0.497 e. The Morgan fingerprint density at radius 3 is 3.07 bits per heavy atom. The highest BCUT2D eigenvalue weighted by Gasteiger charge is 2.09. The van der Waals surface area contributed by atoms with E-state index in [-0.39, 0.29) is 0 Å². The normalized spacial score (nSPS) is 21.2. The van der Waals surface area contributed by atoms with E-state index < -0.39 is 0 Å². The molecule has 0 fully saturated rings. The maximum Gasteiger partial charge on any atom is 0.110 e. The third-order valence-corrected chi connectivity index (χ3v) is 2.60. The average Bonchev–Trinajstić information content (AvgIpc) is 2.25. The van der Waals surface area contributed by atoms with Crippen molar-refractivity contribution in [1.82, 2.24) is 10.2 Å². The molecule has 3 nitrogen and oxygen atoms in total. The molecular weight excluding hydrogens is 176 g/mol. The fourth-order valence-electron chi connectivity index (χ4n) is 1.43. The van der Waals surface area contributed by atoms with Crippen LogP contribution in [0.5, 0.6) is 0 Å². The van der Waals surface area contributed by atoms with Crippen LogP contribution in [0.4, 0.5) is 0 Å². The van der Waals surface area contributed by atoms with Crippen LogP contribution < -0.4 is 5.32 Å². The van der Waals surface area contributed by atoms with Crippen LogP contribution >= 0.6 is 0 Å². The van der Waals surface area contributed by atoms with Gasteiger partial charge in [0.15, 0.2) is 0 Å². The topological polar surface area (TPSA) is 24.5 Å². The van der Waals surface area contributed by atoms with Gasteiger partial charge in [-0.2, -0.15) is 0 Å². The maximum absolute atomic E-state index is 5.45. The average molecular weight is 198 g/mol. The van der Waals surface area contributed by atoms with Crippen molar-refractivity contribution in [1.29, 1.82) is 0 Å². The minimum atomic E-state index is 0.381. The van der Waals surface area contributed by atoms with E-state index in [0.29, 0.717) is 6.10 Å². The first kappa shape index (κ1) is 11.5. The molecule has 1 aliphatic rings. The standard InChI is InChI=1S/C11H22N2O/c1-3-13(2)8-7-12-10-11-6-4-5-9-14-11/h5,9,11-12H,3-4,6-8,10H2,1-2H3. The lowest BCUT2D eigenvalue weighted by Gasteiger charge is -2.20. The quantitative estimate of drug-likeness (QED) is 0.649. The molecule has 14 heavy (non-hydrogen) atoms. The smallest absolute Gasteiger partial charge is 0.110 e. The van der Waals surface area contributed by atoms with Gasteiger partial charge in [-0.25, -0.2) is 0 Å². The summed E-state index contributed by atoms with van der Waals surface area (Å²) in [5.41, 5.74) is 0. The van der Waals surface area contributed by atoms with Gasteiger partial charge in [0.1, 0.15) is 6.10 Å². The Hall–Kier alpha value is -0.540. The van der Waals surface area contributed by atoms with Crippen LogP contribution in [0.25, 0.3) is 0 Å². The summed E-state index contributed by atoms with van der Waals surface area (Å²) in [5.74, 6) is 0. The first-order valence-corrected chi connectivity index (χ1v) is 5.52. The molecule has 0 bridgehead atoms. The summed E-state index contributed by atoms with van der Waals surface area (Å²) in [6, 6.07) is 0. The van der Waals surface area contributed by atoms with Gasteiger partial charge in [-0.3, -0.25) is 0 Å². The monoisotopic (exact) mass is 198 g/mol. The van der Waals surface area contributed by atoms with Crippen molar-refractivity contribution in [3.8, 4) is 0 Å². The van der Waals surface area contributed by atoms with Gasteiger partial charge in [0, 0.05) is 19.6 Å². The summed E-state index contributed by atoms with van der Waals surface area (Å²) in [6.07, 6.45) is 6.59. The Morgan fingerprint density at radius 1 is 1.57 bits per heavy atom. The molecule has 0 aromatic rings. The molecular formula is C11H22N2O. The van der Waals surface area contributed by atoms with E-state index in [1.54, 1.807) is 0 Å². The van der Waals surface area contributed by atoms with E-state index in [0.717, 1.165) is 39.0 Å². The van der Waals surface area contributed by atoms with E-state index in [1.165, 1.54) is 0 Å². The Balaban J connectivity index is 1.95. The Morgan fingerprint density at radius 2 is 2.43 bits per heavy atom. The van der Waals surface area contributed by atoms with E-state index in [9.17, 15) is 0 Å². The summed E-state index contributed by atoms with van der Waals surface area (Å²) >= 11 is 0. The van der Waals surface area contributed by atoms with Gasteiger partial charge >= 0.3 is 0 Å². The second kappa shape index (κ2) is 6.85. The van der Waals surface area contributed by atoms with Gasteiger partial charge < -0.3 is 15.0 Å². The predicted molar refractivity (Wildman–Crippen MR) is 59.3 cm³/mol. The molecule has 0 amide bonds. The fraction of sp³-hybridized carbons (Fsp3) is 0.818. The molecule has 0 radical (unpaired) electrons. The van der Waals surface area contributed by atoms with Gasteiger partial charge in [-0.1, -0.05) is 6.92 Å². The van der Waals surface area contributed by atoms with Crippen LogP contribution in [0, 0.1) is 0 Å². The number of hydrogen-bond acceptors (Lipinski definition) is 3. The van der Waals surface area contributed by atoms with Gasteiger partial charge in [0.2, 0.25) is 0 Å². The zero-order chi connectivity index (χ0) is 10.2. The molecule has 1 heterocycles. The van der Waals surface area contributed by atoms with Gasteiger partial charge in [0.05, 0.1) is 6.26 Å². The number of rotatable bonds is 6. The molecule has 1 unspecified atom stereocenters. The Bertz CT molecular complexity index is 171.